The molecule has 150 valence electrons. The van der Waals surface area contributed by atoms with Crippen molar-refractivity contribution in [1.29, 1.82) is 0 Å². The van der Waals surface area contributed by atoms with Gasteiger partial charge in [-0.3, -0.25) is 0 Å². The summed E-state index contributed by atoms with van der Waals surface area (Å²) < 4.78 is 10.9. The van der Waals surface area contributed by atoms with Gasteiger partial charge in [-0.25, -0.2) is 4.79 Å². The Labute approximate surface area is 170 Å². The number of ether oxygens (including phenoxy) is 1. The van der Waals surface area contributed by atoms with Gasteiger partial charge in [0, 0.05) is 11.5 Å². The van der Waals surface area contributed by atoms with Crippen LogP contribution in [0.3, 0.4) is 0 Å². The second-order valence-electron chi connectivity index (χ2n) is 7.68. The number of aromatic nitrogens is 2. The molecule has 1 amide bonds. The Kier molecular flexibility index (Phi) is 5.89. The minimum atomic E-state index is -0.374. The van der Waals surface area contributed by atoms with Crippen LogP contribution >= 0.6 is 0 Å². The lowest BCUT2D eigenvalue weighted by molar-refractivity contribution is 0.114. The summed E-state index contributed by atoms with van der Waals surface area (Å²) in [5, 5.41) is 11.1. The van der Waals surface area contributed by atoms with Crippen LogP contribution < -0.4 is 5.32 Å². The lowest BCUT2D eigenvalue weighted by Crippen LogP contribution is -2.52. The van der Waals surface area contributed by atoms with Crippen LogP contribution in [0.5, 0.6) is 0 Å². The average Bonchev–Trinajstić information content (AvgIpc) is 3.29. The van der Waals surface area contributed by atoms with Crippen molar-refractivity contribution in [3.05, 3.63) is 84.1 Å². The molecule has 0 unspecified atom stereocenters. The molecular formula is C23H25N3O3. The van der Waals surface area contributed by atoms with Gasteiger partial charge in [-0.05, 0) is 43.2 Å². The molecule has 0 bridgehead atoms. The van der Waals surface area contributed by atoms with Crippen LogP contribution in [0, 0.1) is 0 Å². The molecule has 1 aromatic heterocycles. The molecule has 1 fully saturated rings. The predicted molar refractivity (Wildman–Crippen MR) is 108 cm³/mol. The number of amides is 1. The van der Waals surface area contributed by atoms with Crippen LogP contribution in [0.1, 0.15) is 48.6 Å². The molecule has 1 aliphatic carbocycles. The second-order valence-corrected chi connectivity index (χ2v) is 7.68. The quantitative estimate of drug-likeness (QED) is 0.663. The number of carbonyl (C=O) groups is 1. The topological polar surface area (TPSA) is 77.3 Å². The van der Waals surface area contributed by atoms with Gasteiger partial charge in [-0.15, -0.1) is 10.2 Å². The van der Waals surface area contributed by atoms with E-state index in [9.17, 15) is 4.79 Å². The fourth-order valence-electron chi connectivity index (χ4n) is 4.09. The normalized spacial score (nSPS) is 21.4. The lowest BCUT2D eigenvalue weighted by atomic mass is 9.73. The Morgan fingerprint density at radius 3 is 2.31 bits per heavy atom. The molecule has 1 heterocycles. The maximum Gasteiger partial charge on any atom is 0.407 e. The molecule has 2 aromatic carbocycles. The number of carbonyl (C=O) groups excluding carboxylic acids is 1. The summed E-state index contributed by atoms with van der Waals surface area (Å²) in [6.45, 7) is 0.263. The van der Waals surface area contributed by atoms with E-state index in [1.807, 2.05) is 48.5 Å². The minimum absolute atomic E-state index is 0.239. The molecule has 0 radical (unpaired) electrons. The lowest BCUT2D eigenvalue weighted by Gasteiger charge is -2.40. The van der Waals surface area contributed by atoms with Crippen LogP contribution in [0.2, 0.25) is 0 Å². The number of nitrogens with zero attached hydrogens (tertiary/aromatic N) is 2. The molecule has 0 spiro atoms. The van der Waals surface area contributed by atoms with E-state index in [0.717, 1.165) is 37.7 Å². The number of nitrogens with one attached hydrogen (secondary N) is 1. The molecule has 0 atom stereocenters. The van der Waals surface area contributed by atoms with E-state index in [0.29, 0.717) is 5.89 Å². The van der Waals surface area contributed by atoms with Gasteiger partial charge >= 0.3 is 6.09 Å². The highest BCUT2D eigenvalue weighted by molar-refractivity contribution is 5.68. The standard InChI is InChI=1S/C23H25N3O3/c27-22(28-16-19-9-5-2-6-10-19)25-23(15-18-7-3-1-4-8-18)13-11-20(12-14-23)21-26-24-17-29-21/h1-10,17,20H,11-16H2,(H,25,27). The van der Waals surface area contributed by atoms with Crippen LogP contribution in [-0.2, 0) is 17.8 Å². The first-order valence-corrected chi connectivity index (χ1v) is 10.0. The van der Waals surface area contributed by atoms with E-state index in [-0.39, 0.29) is 24.2 Å². The van der Waals surface area contributed by atoms with Gasteiger partial charge in [-0.2, -0.15) is 0 Å². The molecule has 3 aromatic rings. The fraction of sp³-hybridized carbons (Fsp3) is 0.348. The van der Waals surface area contributed by atoms with Gasteiger partial charge in [-0.1, -0.05) is 60.7 Å². The third kappa shape index (κ3) is 5.02. The summed E-state index contributed by atoms with van der Waals surface area (Å²) in [5.41, 5.74) is 1.83. The second kappa shape index (κ2) is 8.90. The Morgan fingerprint density at radius 1 is 1.03 bits per heavy atom. The van der Waals surface area contributed by atoms with E-state index in [1.54, 1.807) is 0 Å². The van der Waals surface area contributed by atoms with Crippen molar-refractivity contribution in [2.45, 2.75) is 50.2 Å². The van der Waals surface area contributed by atoms with Crippen LogP contribution in [-0.4, -0.2) is 21.8 Å². The van der Waals surface area contributed by atoms with Crippen molar-refractivity contribution in [3.63, 3.8) is 0 Å². The Balaban J connectivity index is 1.43. The fourth-order valence-corrected chi connectivity index (χ4v) is 4.09. The molecular weight excluding hydrogens is 366 g/mol. The largest absolute Gasteiger partial charge is 0.445 e. The van der Waals surface area contributed by atoms with E-state index in [4.69, 9.17) is 9.15 Å². The first kappa shape index (κ1) is 19.2. The Hall–Kier alpha value is -3.15. The zero-order valence-corrected chi connectivity index (χ0v) is 16.3. The molecule has 1 aliphatic rings. The molecule has 6 heteroatoms. The number of hydrogen-bond acceptors (Lipinski definition) is 5. The van der Waals surface area contributed by atoms with Gasteiger partial charge < -0.3 is 14.5 Å². The monoisotopic (exact) mass is 391 g/mol. The number of hydrogen-bond donors (Lipinski definition) is 1. The zero-order valence-electron chi connectivity index (χ0n) is 16.3. The summed E-state index contributed by atoms with van der Waals surface area (Å²) in [4.78, 5) is 12.6. The van der Waals surface area contributed by atoms with Crippen LogP contribution in [0.4, 0.5) is 4.79 Å². The van der Waals surface area contributed by atoms with Crippen molar-refractivity contribution in [1.82, 2.24) is 15.5 Å². The van der Waals surface area contributed by atoms with Gasteiger partial charge in [0.15, 0.2) is 0 Å². The van der Waals surface area contributed by atoms with Gasteiger partial charge in [0.1, 0.15) is 6.61 Å². The predicted octanol–water partition coefficient (Wildman–Crippen LogP) is 4.64. The third-order valence-corrected chi connectivity index (χ3v) is 5.63. The van der Waals surface area contributed by atoms with E-state index in [1.165, 1.54) is 12.0 Å². The molecule has 29 heavy (non-hydrogen) atoms. The number of rotatable bonds is 6. The molecule has 4 rings (SSSR count). The Morgan fingerprint density at radius 2 is 1.69 bits per heavy atom. The third-order valence-electron chi connectivity index (χ3n) is 5.63. The summed E-state index contributed by atoms with van der Waals surface area (Å²) in [6, 6.07) is 20.0. The Bertz CT molecular complexity index is 890. The van der Waals surface area contributed by atoms with E-state index >= 15 is 0 Å². The average molecular weight is 391 g/mol. The highest BCUT2D eigenvalue weighted by atomic mass is 16.5. The van der Waals surface area contributed by atoms with Gasteiger partial charge in [0.2, 0.25) is 12.3 Å². The maximum atomic E-state index is 12.6. The molecule has 6 nitrogen and oxygen atoms in total. The van der Waals surface area contributed by atoms with Crippen molar-refractivity contribution < 1.29 is 13.9 Å². The minimum Gasteiger partial charge on any atom is -0.445 e. The first-order valence-electron chi connectivity index (χ1n) is 10.0. The van der Waals surface area contributed by atoms with E-state index in [2.05, 4.69) is 27.6 Å². The van der Waals surface area contributed by atoms with Crippen molar-refractivity contribution in [3.8, 4) is 0 Å². The van der Waals surface area contributed by atoms with E-state index < -0.39 is 0 Å². The smallest absolute Gasteiger partial charge is 0.407 e. The SMILES string of the molecule is O=C(NC1(Cc2ccccc2)CCC(c2nnco2)CC1)OCc1ccccc1. The summed E-state index contributed by atoms with van der Waals surface area (Å²) >= 11 is 0. The maximum absolute atomic E-state index is 12.6. The van der Waals surface area contributed by atoms with Gasteiger partial charge in [0.25, 0.3) is 0 Å². The van der Waals surface area contributed by atoms with Crippen molar-refractivity contribution in [2.75, 3.05) is 0 Å². The van der Waals surface area contributed by atoms with Crippen molar-refractivity contribution >= 4 is 6.09 Å². The molecule has 1 saturated carbocycles. The van der Waals surface area contributed by atoms with Crippen molar-refractivity contribution in [2.24, 2.45) is 0 Å². The molecule has 0 saturated heterocycles. The zero-order chi connectivity index (χ0) is 19.9. The highest BCUT2D eigenvalue weighted by Crippen LogP contribution is 2.39. The van der Waals surface area contributed by atoms with Crippen LogP contribution in [0.25, 0.3) is 0 Å². The summed E-state index contributed by atoms with van der Waals surface area (Å²) in [6.07, 6.45) is 5.19. The first-order chi connectivity index (χ1) is 14.2. The number of benzene rings is 2. The summed E-state index contributed by atoms with van der Waals surface area (Å²) in [7, 11) is 0. The van der Waals surface area contributed by atoms with Crippen LogP contribution in [0.15, 0.2) is 71.5 Å². The molecule has 1 N–H and O–H groups in total. The molecule has 0 aliphatic heterocycles. The highest BCUT2D eigenvalue weighted by Gasteiger charge is 2.39. The summed E-state index contributed by atoms with van der Waals surface area (Å²) in [5.74, 6) is 0.925. The number of alkyl carbamates (subject to hydrolysis) is 1. The van der Waals surface area contributed by atoms with Gasteiger partial charge in [0.05, 0.1) is 0 Å².